The Kier molecular flexibility index (Phi) is 6.95. The van der Waals surface area contributed by atoms with Gasteiger partial charge in [0.05, 0.1) is 12.3 Å². The number of nitrogens with one attached hydrogen (secondary N) is 1. The molecule has 2 aliphatic heterocycles. The highest BCUT2D eigenvalue weighted by atomic mass is 32.2. The van der Waals surface area contributed by atoms with E-state index in [1.54, 1.807) is 4.31 Å². The fourth-order valence-electron chi connectivity index (χ4n) is 3.51. The molecule has 1 N–H and O–H groups in total. The maximum atomic E-state index is 11.9. The van der Waals surface area contributed by atoms with Gasteiger partial charge in [-0.05, 0) is 25.5 Å². The first-order valence-corrected chi connectivity index (χ1v) is 11.4. The molecule has 0 atom stereocenters. The number of sulfonamides is 1. The third kappa shape index (κ3) is 5.59. The lowest BCUT2D eigenvalue weighted by Crippen LogP contribution is -2.47. The number of para-hydroxylation sites is 1. The summed E-state index contributed by atoms with van der Waals surface area (Å²) in [6.07, 6.45) is 2.84. The molecule has 2 fully saturated rings. The molecule has 1 aromatic rings. The molecule has 0 bridgehead atoms. The molecule has 2 aliphatic rings. The van der Waals surface area contributed by atoms with E-state index in [-0.39, 0.29) is 11.9 Å². The Hall–Kier alpha value is -1.80. The lowest BCUT2D eigenvalue weighted by atomic mass is 10.1. The first-order chi connectivity index (χ1) is 13.1. The normalized spacial score (nSPS) is 21.4. The van der Waals surface area contributed by atoms with Crippen molar-refractivity contribution in [2.24, 2.45) is 4.99 Å². The molecule has 1 aromatic carbocycles. The van der Waals surface area contributed by atoms with E-state index in [1.807, 2.05) is 37.3 Å². The number of hydrogen-bond acceptors (Lipinski definition) is 4. The largest absolute Gasteiger partial charge is 0.490 e. The number of hydrogen-bond donors (Lipinski definition) is 1. The van der Waals surface area contributed by atoms with Crippen LogP contribution in [0.25, 0.3) is 0 Å². The van der Waals surface area contributed by atoms with Crippen molar-refractivity contribution in [1.29, 1.82) is 0 Å². The van der Waals surface area contributed by atoms with E-state index in [9.17, 15) is 8.42 Å². The number of piperidine rings is 1. The Labute approximate surface area is 162 Å². The lowest BCUT2D eigenvalue weighted by Gasteiger charge is -2.34. The summed E-state index contributed by atoms with van der Waals surface area (Å²) in [4.78, 5) is 6.90. The molecule has 3 rings (SSSR count). The van der Waals surface area contributed by atoms with E-state index in [1.165, 1.54) is 0 Å². The topological polar surface area (TPSA) is 74.2 Å². The summed E-state index contributed by atoms with van der Waals surface area (Å²) in [5.41, 5.74) is 0. The van der Waals surface area contributed by atoms with Crippen LogP contribution in [0.5, 0.6) is 5.75 Å². The maximum Gasteiger partial charge on any atom is 0.214 e. The Bertz CT molecular complexity index is 716. The van der Waals surface area contributed by atoms with Crippen molar-refractivity contribution in [2.45, 2.75) is 32.3 Å². The predicted molar refractivity (Wildman–Crippen MR) is 108 cm³/mol. The van der Waals surface area contributed by atoms with Crippen LogP contribution in [0.2, 0.25) is 0 Å². The molecule has 0 amide bonds. The van der Waals surface area contributed by atoms with Gasteiger partial charge in [0.25, 0.3) is 0 Å². The molecule has 2 heterocycles. The predicted octanol–water partition coefficient (Wildman–Crippen LogP) is 1.53. The Morgan fingerprint density at radius 3 is 2.59 bits per heavy atom. The number of ether oxygens (including phenoxy) is 1. The van der Waals surface area contributed by atoms with Gasteiger partial charge in [0.1, 0.15) is 11.9 Å². The number of benzene rings is 1. The van der Waals surface area contributed by atoms with Crippen molar-refractivity contribution in [3.8, 4) is 5.75 Å². The standard InChI is InChI=1S/C19H30N4O3S/c1-2-20-19(21-11-15-23-12-6-16-27(23,24)25)22-13-9-18(10-14-22)26-17-7-4-3-5-8-17/h3-5,7-8,18H,2,6,9-16H2,1H3,(H,20,21). The second-order valence-electron chi connectivity index (χ2n) is 6.92. The van der Waals surface area contributed by atoms with Crippen LogP contribution in [-0.2, 0) is 10.0 Å². The molecule has 7 nitrogen and oxygen atoms in total. The van der Waals surface area contributed by atoms with Gasteiger partial charge in [-0.2, -0.15) is 0 Å². The van der Waals surface area contributed by atoms with Gasteiger partial charge in [0, 0.05) is 45.6 Å². The highest BCUT2D eigenvalue weighted by Gasteiger charge is 2.27. The Morgan fingerprint density at radius 2 is 1.96 bits per heavy atom. The number of guanidine groups is 1. The van der Waals surface area contributed by atoms with Gasteiger partial charge in [0.15, 0.2) is 5.96 Å². The van der Waals surface area contributed by atoms with Crippen molar-refractivity contribution in [3.05, 3.63) is 30.3 Å². The van der Waals surface area contributed by atoms with Gasteiger partial charge in [-0.15, -0.1) is 0 Å². The van der Waals surface area contributed by atoms with Gasteiger partial charge in [0.2, 0.25) is 10.0 Å². The van der Waals surface area contributed by atoms with Crippen LogP contribution >= 0.6 is 0 Å². The number of aliphatic imine (C=N–C) groups is 1. The van der Waals surface area contributed by atoms with E-state index in [2.05, 4.69) is 15.2 Å². The average Bonchev–Trinajstić information content (AvgIpc) is 3.01. The maximum absolute atomic E-state index is 11.9. The minimum absolute atomic E-state index is 0.223. The molecule has 150 valence electrons. The SMILES string of the molecule is CCNC(=NCCN1CCCS1(=O)=O)N1CCC(Oc2ccccc2)CC1. The van der Waals surface area contributed by atoms with E-state index < -0.39 is 10.0 Å². The van der Waals surface area contributed by atoms with Gasteiger partial charge in [-0.3, -0.25) is 4.99 Å². The molecule has 0 aromatic heterocycles. The van der Waals surface area contributed by atoms with E-state index in [0.717, 1.165) is 50.6 Å². The summed E-state index contributed by atoms with van der Waals surface area (Å²) in [6.45, 7) is 6.17. The highest BCUT2D eigenvalue weighted by molar-refractivity contribution is 7.89. The second-order valence-corrected chi connectivity index (χ2v) is 9.01. The van der Waals surface area contributed by atoms with Crippen molar-refractivity contribution in [1.82, 2.24) is 14.5 Å². The molecule has 0 radical (unpaired) electrons. The van der Waals surface area contributed by atoms with Gasteiger partial charge >= 0.3 is 0 Å². The lowest BCUT2D eigenvalue weighted by molar-refractivity contribution is 0.129. The molecule has 27 heavy (non-hydrogen) atoms. The third-order valence-corrected chi connectivity index (χ3v) is 6.89. The van der Waals surface area contributed by atoms with Crippen LogP contribution in [0.1, 0.15) is 26.2 Å². The first-order valence-electron chi connectivity index (χ1n) is 9.81. The number of rotatable bonds is 6. The minimum Gasteiger partial charge on any atom is -0.490 e. The van der Waals surface area contributed by atoms with Crippen LogP contribution in [0.4, 0.5) is 0 Å². The molecule has 0 aliphatic carbocycles. The monoisotopic (exact) mass is 394 g/mol. The van der Waals surface area contributed by atoms with Crippen LogP contribution in [0.3, 0.4) is 0 Å². The minimum atomic E-state index is -3.05. The Balaban J connectivity index is 1.50. The first kappa shape index (κ1) is 19.9. The highest BCUT2D eigenvalue weighted by Crippen LogP contribution is 2.19. The molecule has 8 heteroatoms. The van der Waals surface area contributed by atoms with Crippen LogP contribution in [-0.4, -0.2) is 74.7 Å². The number of nitrogens with zero attached hydrogens (tertiary/aromatic N) is 3. The van der Waals surface area contributed by atoms with Crippen molar-refractivity contribution < 1.29 is 13.2 Å². The summed E-state index contributed by atoms with van der Waals surface area (Å²) < 4.78 is 31.4. The molecule has 0 saturated carbocycles. The van der Waals surface area contributed by atoms with E-state index in [0.29, 0.717) is 19.6 Å². The number of likely N-dealkylation sites (tertiary alicyclic amines) is 1. The summed E-state index contributed by atoms with van der Waals surface area (Å²) in [5, 5.41) is 3.33. The Morgan fingerprint density at radius 1 is 1.22 bits per heavy atom. The molecular weight excluding hydrogens is 364 g/mol. The van der Waals surface area contributed by atoms with Crippen LogP contribution < -0.4 is 10.1 Å². The molecule has 2 saturated heterocycles. The molecule has 0 unspecified atom stereocenters. The van der Waals surface area contributed by atoms with Crippen molar-refractivity contribution >= 4 is 16.0 Å². The van der Waals surface area contributed by atoms with Gasteiger partial charge in [-0.1, -0.05) is 18.2 Å². The van der Waals surface area contributed by atoms with Crippen molar-refractivity contribution in [3.63, 3.8) is 0 Å². The zero-order chi connectivity index (χ0) is 19.1. The zero-order valence-electron chi connectivity index (χ0n) is 16.0. The van der Waals surface area contributed by atoms with Crippen molar-refractivity contribution in [2.75, 3.05) is 45.0 Å². The van der Waals surface area contributed by atoms with Crippen LogP contribution in [0.15, 0.2) is 35.3 Å². The van der Waals surface area contributed by atoms with Gasteiger partial charge < -0.3 is 15.0 Å². The fourth-order valence-corrected chi connectivity index (χ4v) is 5.03. The smallest absolute Gasteiger partial charge is 0.214 e. The summed E-state index contributed by atoms with van der Waals surface area (Å²) in [5.74, 6) is 2.06. The van der Waals surface area contributed by atoms with Gasteiger partial charge in [-0.25, -0.2) is 12.7 Å². The third-order valence-electron chi connectivity index (χ3n) is 4.94. The van der Waals surface area contributed by atoms with E-state index >= 15 is 0 Å². The molecule has 0 spiro atoms. The summed E-state index contributed by atoms with van der Waals surface area (Å²) >= 11 is 0. The quantitative estimate of drug-likeness (QED) is 0.585. The molecular formula is C19H30N4O3S. The fraction of sp³-hybridized carbons (Fsp3) is 0.632. The summed E-state index contributed by atoms with van der Waals surface area (Å²) in [7, 11) is -3.05. The van der Waals surface area contributed by atoms with E-state index in [4.69, 9.17) is 4.74 Å². The second kappa shape index (κ2) is 9.41. The average molecular weight is 395 g/mol. The zero-order valence-corrected chi connectivity index (χ0v) is 16.8. The summed E-state index contributed by atoms with van der Waals surface area (Å²) in [6, 6.07) is 9.94. The van der Waals surface area contributed by atoms with Crippen LogP contribution in [0, 0.1) is 0 Å².